The van der Waals surface area contributed by atoms with Gasteiger partial charge in [-0.3, -0.25) is 14.9 Å². The summed E-state index contributed by atoms with van der Waals surface area (Å²) in [6.45, 7) is -0.551. The van der Waals surface area contributed by atoms with Gasteiger partial charge >= 0.3 is 0 Å². The molecule has 0 bridgehead atoms. The van der Waals surface area contributed by atoms with Crippen molar-refractivity contribution >= 4 is 34.8 Å². The van der Waals surface area contributed by atoms with Crippen molar-refractivity contribution in [3.8, 4) is 0 Å². The number of nitrogens with zero attached hydrogens (tertiary/aromatic N) is 1. The summed E-state index contributed by atoms with van der Waals surface area (Å²) in [5.41, 5.74) is 0.169. The van der Waals surface area contributed by atoms with Crippen molar-refractivity contribution in [1.82, 2.24) is 5.32 Å². The van der Waals surface area contributed by atoms with Crippen LogP contribution in [0.5, 0.6) is 0 Å². The molecule has 1 rings (SSSR count). The maximum Gasteiger partial charge on any atom is 0.269 e. The van der Waals surface area contributed by atoms with Crippen molar-refractivity contribution in [2.24, 2.45) is 0 Å². The molecule has 117 valence electrons. The fourth-order valence-corrected chi connectivity index (χ4v) is 1.62. The predicted molar refractivity (Wildman–Crippen MR) is 72.6 cm³/mol. The first-order valence-corrected chi connectivity index (χ1v) is 6.36. The number of carbonyl (C=O) groups is 1. The number of amides is 1. The van der Waals surface area contributed by atoms with Gasteiger partial charge in [0.05, 0.1) is 17.6 Å². The van der Waals surface area contributed by atoms with Gasteiger partial charge in [-0.2, -0.15) is 0 Å². The third-order valence-corrected chi connectivity index (χ3v) is 2.95. The Labute approximate surface area is 138 Å². The van der Waals surface area contributed by atoms with E-state index in [4.69, 9.17) is 28.3 Å². The number of hydrogen-bond acceptors (Lipinski definition) is 5. The van der Waals surface area contributed by atoms with Crippen LogP contribution in [-0.2, 0) is 4.79 Å². The van der Waals surface area contributed by atoms with Gasteiger partial charge in [0.1, 0.15) is 6.10 Å². The first-order chi connectivity index (χ1) is 9.36. The Morgan fingerprint density at radius 3 is 2.24 bits per heavy atom. The van der Waals surface area contributed by atoms with Gasteiger partial charge in [0.25, 0.3) is 11.6 Å². The molecule has 0 unspecified atom stereocenters. The number of alkyl halides is 2. The number of hydrogen-bond donors (Lipinski definition) is 3. The summed E-state index contributed by atoms with van der Waals surface area (Å²) >= 11 is 10.7. The zero-order valence-corrected chi connectivity index (χ0v) is 15.1. The van der Waals surface area contributed by atoms with E-state index in [9.17, 15) is 20.0 Å². The summed E-state index contributed by atoms with van der Waals surface area (Å²) in [6.07, 6.45) is -1.25. The van der Waals surface area contributed by atoms with Crippen molar-refractivity contribution < 1.29 is 34.2 Å². The van der Waals surface area contributed by atoms with Gasteiger partial charge in [0.2, 0.25) is 0 Å². The van der Waals surface area contributed by atoms with Crippen molar-refractivity contribution in [3.05, 3.63) is 39.9 Å². The Bertz CT molecular complexity index is 486. The van der Waals surface area contributed by atoms with Crippen molar-refractivity contribution in [3.63, 3.8) is 0 Å². The molecular formula is C11H12AmCl2N2O5. The summed E-state index contributed by atoms with van der Waals surface area (Å²) in [7, 11) is 0. The molecule has 0 saturated carbocycles. The molecule has 1 aromatic rings. The molecule has 0 heterocycles. The van der Waals surface area contributed by atoms with Crippen molar-refractivity contribution in [2.75, 3.05) is 6.61 Å². The second-order valence-electron chi connectivity index (χ2n) is 3.89. The van der Waals surface area contributed by atoms with Crippen LogP contribution in [0.4, 0.5) is 5.69 Å². The minimum absolute atomic E-state index is 0. The molecule has 0 spiro atoms. The van der Waals surface area contributed by atoms with Crippen LogP contribution in [0.25, 0.3) is 0 Å². The van der Waals surface area contributed by atoms with Gasteiger partial charge in [0, 0.05) is 26.4 Å². The van der Waals surface area contributed by atoms with E-state index in [0.29, 0.717) is 5.56 Å². The Hall–Kier alpha value is -1.02. The monoisotopic (exact) mass is 563 g/mol. The molecule has 1 radical (unpaired) electrons. The Morgan fingerprint density at radius 1 is 1.33 bits per heavy atom. The SMILES string of the molecule is O=C(N[C@H](CO)[C@H](O)c1ccc([N+](=O)[O-])cc1)C(Cl)Cl.[Am]. The van der Waals surface area contributed by atoms with Gasteiger partial charge in [0.15, 0.2) is 4.84 Å². The summed E-state index contributed by atoms with van der Waals surface area (Å²) in [6, 6.07) is 4.05. The third kappa shape index (κ3) is 5.70. The standard InChI is InChI=1S/C11H12Cl2N2O5.Am/c12-10(13)11(18)14-8(5-16)9(17)6-1-3-7(4-2-6)15(19)20;/h1-4,8-10,16-17H,5H2,(H,14,18);/t8-,9-;/m1./s1. The van der Waals surface area contributed by atoms with E-state index in [1.165, 1.54) is 24.3 Å². The molecule has 0 aliphatic carbocycles. The van der Waals surface area contributed by atoms with E-state index >= 15 is 0 Å². The number of nitro benzene ring substituents is 1. The number of rotatable bonds is 6. The molecule has 10 heteroatoms. The van der Waals surface area contributed by atoms with Crippen LogP contribution in [0, 0.1) is 24.4 Å². The topological polar surface area (TPSA) is 113 Å². The zero-order valence-electron chi connectivity index (χ0n) is 10.4. The van der Waals surface area contributed by atoms with Crippen LogP contribution in [0.15, 0.2) is 24.3 Å². The number of nitro groups is 1. The molecule has 0 aliphatic heterocycles. The van der Waals surface area contributed by atoms with Crippen LogP contribution < -0.4 is 5.32 Å². The van der Waals surface area contributed by atoms with E-state index < -0.39 is 34.4 Å². The average Bonchev–Trinajstić information content (AvgIpc) is 2.43. The van der Waals surface area contributed by atoms with Gasteiger partial charge < -0.3 is 15.5 Å². The predicted octanol–water partition coefficient (Wildman–Crippen LogP) is 0.909. The normalized spacial score (nSPS) is 13.2. The fraction of sp³-hybridized carbons (Fsp3) is 0.364. The van der Waals surface area contributed by atoms with E-state index in [0.717, 1.165) is 0 Å². The molecule has 0 aliphatic rings. The summed E-state index contributed by atoms with van der Waals surface area (Å²) in [5, 5.41) is 31.9. The molecule has 1 aromatic carbocycles. The molecule has 0 aromatic heterocycles. The zero-order chi connectivity index (χ0) is 15.3. The quantitative estimate of drug-likeness (QED) is 0.270. The molecule has 3 N–H and O–H groups in total. The van der Waals surface area contributed by atoms with E-state index in [1.807, 2.05) is 0 Å². The number of aliphatic hydroxyl groups is 2. The molecule has 0 fully saturated rings. The first-order valence-electron chi connectivity index (χ1n) is 5.48. The van der Waals surface area contributed by atoms with Crippen molar-refractivity contribution in [1.29, 1.82) is 0 Å². The number of nitrogens with one attached hydrogen (secondary N) is 1. The Balaban J connectivity index is 0.00000400. The minimum Gasteiger partial charge on any atom is -0.394 e. The summed E-state index contributed by atoms with van der Waals surface area (Å²) in [4.78, 5) is 19.9. The van der Waals surface area contributed by atoms with Crippen LogP contribution >= 0.6 is 23.2 Å². The Kier molecular flexibility index (Phi) is 8.65. The molecule has 7 nitrogen and oxygen atoms in total. The second kappa shape index (κ2) is 9.09. The Morgan fingerprint density at radius 2 is 1.86 bits per heavy atom. The smallest absolute Gasteiger partial charge is 0.269 e. The molecule has 0 saturated heterocycles. The number of halogens is 2. The van der Waals surface area contributed by atoms with Crippen LogP contribution in [-0.4, -0.2) is 38.5 Å². The maximum atomic E-state index is 11.3. The summed E-state index contributed by atoms with van der Waals surface area (Å²) < 4.78 is 0. The van der Waals surface area contributed by atoms with Crippen LogP contribution in [0.2, 0.25) is 0 Å². The maximum absolute atomic E-state index is 11.3. The molecule has 2 atom stereocenters. The van der Waals surface area contributed by atoms with E-state index in [2.05, 4.69) is 5.32 Å². The van der Waals surface area contributed by atoms with Crippen LogP contribution in [0.1, 0.15) is 11.7 Å². The number of benzene rings is 1. The number of non-ortho nitro benzene ring substituents is 1. The van der Waals surface area contributed by atoms with Crippen LogP contribution in [0.3, 0.4) is 0 Å². The summed E-state index contributed by atoms with van der Waals surface area (Å²) in [5.74, 6) is -0.756. The minimum atomic E-state index is -1.33. The molecular weight excluding hydrogens is 554 g/mol. The number of carbonyl (C=O) groups excluding carboxylic acids is 1. The number of aliphatic hydroxyl groups excluding tert-OH is 2. The fourth-order valence-electron chi connectivity index (χ4n) is 1.50. The second-order valence-corrected chi connectivity index (χ2v) is 4.99. The first kappa shape index (κ1) is 20.0. The van der Waals surface area contributed by atoms with Gasteiger partial charge in [-0.05, 0) is 17.7 Å². The third-order valence-electron chi connectivity index (χ3n) is 2.55. The molecule has 21 heavy (non-hydrogen) atoms. The van der Waals surface area contributed by atoms with E-state index in [-0.39, 0.29) is 20.0 Å². The van der Waals surface area contributed by atoms with Gasteiger partial charge in [-0.1, -0.05) is 23.2 Å². The van der Waals surface area contributed by atoms with E-state index in [1.54, 1.807) is 0 Å². The average molecular weight is 566 g/mol. The molecule has 1 amide bonds. The van der Waals surface area contributed by atoms with Crippen molar-refractivity contribution in [2.45, 2.75) is 17.0 Å². The van der Waals surface area contributed by atoms with Gasteiger partial charge in [-0.25, -0.2) is 0 Å². The largest absolute Gasteiger partial charge is 0.394 e. The van der Waals surface area contributed by atoms with Gasteiger partial charge in [-0.15, -0.1) is 0 Å².